The van der Waals surface area contributed by atoms with Crippen LogP contribution in [0.25, 0.3) is 5.78 Å². The molecule has 8 heteroatoms. The van der Waals surface area contributed by atoms with Crippen LogP contribution in [0.1, 0.15) is 35.0 Å². The van der Waals surface area contributed by atoms with Crippen molar-refractivity contribution in [3.63, 3.8) is 0 Å². The molecule has 1 aliphatic rings. The fourth-order valence-corrected chi connectivity index (χ4v) is 4.14. The first kappa shape index (κ1) is 20.0. The van der Waals surface area contributed by atoms with Crippen molar-refractivity contribution in [1.29, 1.82) is 5.26 Å². The number of aromatic nitrogens is 4. The summed E-state index contributed by atoms with van der Waals surface area (Å²) in [6.45, 7) is 6.61. The first-order chi connectivity index (χ1) is 14.6. The van der Waals surface area contributed by atoms with E-state index in [-0.39, 0.29) is 11.9 Å². The molecule has 1 fully saturated rings. The minimum Gasteiger partial charge on any atom is -0.340 e. The van der Waals surface area contributed by atoms with Gasteiger partial charge >= 0.3 is 0 Å². The first-order valence-electron chi connectivity index (χ1n) is 10.2. The van der Waals surface area contributed by atoms with Crippen molar-refractivity contribution < 1.29 is 4.79 Å². The average Bonchev–Trinajstić information content (AvgIpc) is 3.24. The van der Waals surface area contributed by atoms with Crippen LogP contribution >= 0.6 is 0 Å². The number of piperazine rings is 1. The normalized spacial score (nSPS) is 15.8. The Balaban J connectivity index is 1.36. The van der Waals surface area contributed by atoms with Crippen molar-refractivity contribution in [2.24, 2.45) is 0 Å². The molecule has 0 N–H and O–H groups in total. The van der Waals surface area contributed by atoms with Crippen LogP contribution in [0, 0.1) is 25.2 Å². The van der Waals surface area contributed by atoms with Gasteiger partial charge in [-0.05, 0) is 31.4 Å². The van der Waals surface area contributed by atoms with Crippen LogP contribution in [0.3, 0.4) is 0 Å². The highest BCUT2D eigenvalue weighted by Gasteiger charge is 2.27. The summed E-state index contributed by atoms with van der Waals surface area (Å²) in [5.41, 5.74) is 3.92. The third kappa shape index (κ3) is 3.89. The zero-order valence-corrected chi connectivity index (χ0v) is 17.3. The van der Waals surface area contributed by atoms with Crippen molar-refractivity contribution in [3.8, 4) is 6.07 Å². The number of nitrogens with zero attached hydrogens (tertiary/aromatic N) is 7. The Labute approximate surface area is 175 Å². The molecular weight excluding hydrogens is 378 g/mol. The molecule has 0 radical (unpaired) electrons. The van der Waals surface area contributed by atoms with E-state index in [0.29, 0.717) is 44.8 Å². The van der Waals surface area contributed by atoms with Crippen molar-refractivity contribution in [2.75, 3.05) is 26.2 Å². The average molecular weight is 403 g/mol. The van der Waals surface area contributed by atoms with Gasteiger partial charge in [-0.15, -0.1) is 0 Å². The number of hydrogen-bond acceptors (Lipinski definition) is 6. The van der Waals surface area contributed by atoms with Gasteiger partial charge < -0.3 is 4.90 Å². The first-order valence-corrected chi connectivity index (χ1v) is 10.2. The largest absolute Gasteiger partial charge is 0.340 e. The molecule has 4 rings (SSSR count). The van der Waals surface area contributed by atoms with Gasteiger partial charge in [-0.2, -0.15) is 15.3 Å². The molecule has 3 heterocycles. The third-order valence-corrected chi connectivity index (χ3v) is 5.85. The van der Waals surface area contributed by atoms with Crippen LogP contribution in [0.15, 0.2) is 36.7 Å². The molecule has 2 aromatic heterocycles. The Hall–Kier alpha value is -3.31. The Morgan fingerprint density at radius 3 is 2.60 bits per heavy atom. The summed E-state index contributed by atoms with van der Waals surface area (Å²) in [5.74, 6) is 0.724. The lowest BCUT2D eigenvalue weighted by Gasteiger charge is -2.37. The number of nitriles is 1. The van der Waals surface area contributed by atoms with Gasteiger partial charge in [0.1, 0.15) is 12.4 Å². The standard InChI is InChI=1S/C22H25N7O/c1-16-19(17(2)29-22(26-16)24-15-25-29)8-9-21(30)28-12-10-27(11-13-28)20(14-23)18-6-4-3-5-7-18/h3-7,15,20H,8-13H2,1-2H3. The lowest BCUT2D eigenvalue weighted by molar-refractivity contribution is -0.133. The quantitative estimate of drug-likeness (QED) is 0.648. The van der Waals surface area contributed by atoms with E-state index in [0.717, 1.165) is 22.5 Å². The van der Waals surface area contributed by atoms with E-state index in [1.54, 1.807) is 4.52 Å². The minimum atomic E-state index is -0.269. The Bertz CT molecular complexity index is 1080. The van der Waals surface area contributed by atoms with E-state index in [9.17, 15) is 10.1 Å². The number of amides is 1. The van der Waals surface area contributed by atoms with Gasteiger partial charge in [0.05, 0.1) is 6.07 Å². The summed E-state index contributed by atoms with van der Waals surface area (Å²) in [4.78, 5) is 25.5. The molecule has 1 aromatic carbocycles. The lowest BCUT2D eigenvalue weighted by Crippen LogP contribution is -2.49. The number of aryl methyl sites for hydroxylation is 2. The maximum Gasteiger partial charge on any atom is 0.252 e. The Morgan fingerprint density at radius 1 is 1.17 bits per heavy atom. The van der Waals surface area contributed by atoms with E-state index in [4.69, 9.17) is 0 Å². The SMILES string of the molecule is Cc1nc2ncnn2c(C)c1CCC(=O)N1CCN(C(C#N)c2ccccc2)CC1. The zero-order chi connectivity index (χ0) is 21.1. The van der Waals surface area contributed by atoms with E-state index >= 15 is 0 Å². The number of hydrogen-bond donors (Lipinski definition) is 0. The van der Waals surface area contributed by atoms with Gasteiger partial charge in [0.2, 0.25) is 5.91 Å². The Kier molecular flexibility index (Phi) is 5.72. The van der Waals surface area contributed by atoms with Gasteiger partial charge in [-0.3, -0.25) is 9.69 Å². The third-order valence-electron chi connectivity index (χ3n) is 5.85. The fraction of sp³-hybridized carbons (Fsp3) is 0.409. The van der Waals surface area contributed by atoms with Gasteiger partial charge in [0, 0.05) is 44.0 Å². The maximum absolute atomic E-state index is 12.8. The molecule has 154 valence electrons. The molecule has 0 spiro atoms. The molecule has 0 aliphatic carbocycles. The van der Waals surface area contributed by atoms with Crippen LogP contribution in [0.2, 0.25) is 0 Å². The number of benzene rings is 1. The molecular formula is C22H25N7O. The lowest BCUT2D eigenvalue weighted by atomic mass is 10.0. The molecule has 0 saturated carbocycles. The van der Waals surface area contributed by atoms with Crippen LogP contribution in [-0.4, -0.2) is 61.5 Å². The van der Waals surface area contributed by atoms with Crippen molar-refractivity contribution in [3.05, 3.63) is 59.2 Å². The molecule has 1 unspecified atom stereocenters. The van der Waals surface area contributed by atoms with Gasteiger partial charge in [0.25, 0.3) is 5.78 Å². The fourth-order valence-electron chi connectivity index (χ4n) is 4.14. The highest BCUT2D eigenvalue weighted by atomic mass is 16.2. The van der Waals surface area contributed by atoms with E-state index in [1.807, 2.05) is 49.1 Å². The highest BCUT2D eigenvalue weighted by molar-refractivity contribution is 5.76. The van der Waals surface area contributed by atoms with E-state index in [1.165, 1.54) is 6.33 Å². The second-order valence-corrected chi connectivity index (χ2v) is 7.59. The van der Waals surface area contributed by atoms with E-state index in [2.05, 4.69) is 26.0 Å². The molecule has 30 heavy (non-hydrogen) atoms. The summed E-state index contributed by atoms with van der Waals surface area (Å²) in [6, 6.07) is 12.0. The molecule has 1 saturated heterocycles. The van der Waals surface area contributed by atoms with Gasteiger partial charge in [-0.25, -0.2) is 9.50 Å². The molecule has 8 nitrogen and oxygen atoms in total. The number of carbonyl (C=O) groups excluding carboxylic acids is 1. The van der Waals surface area contributed by atoms with Crippen molar-refractivity contribution in [1.82, 2.24) is 29.4 Å². The molecule has 1 aliphatic heterocycles. The molecule has 1 amide bonds. The zero-order valence-electron chi connectivity index (χ0n) is 17.3. The molecule has 1 atom stereocenters. The predicted octanol–water partition coefficient (Wildman–Crippen LogP) is 2.08. The molecule has 3 aromatic rings. The van der Waals surface area contributed by atoms with E-state index < -0.39 is 0 Å². The number of carbonyl (C=O) groups is 1. The maximum atomic E-state index is 12.8. The smallest absolute Gasteiger partial charge is 0.252 e. The molecule has 0 bridgehead atoms. The predicted molar refractivity (Wildman–Crippen MR) is 112 cm³/mol. The summed E-state index contributed by atoms with van der Waals surface area (Å²) >= 11 is 0. The summed E-state index contributed by atoms with van der Waals surface area (Å²) in [5, 5.41) is 13.8. The highest BCUT2D eigenvalue weighted by Crippen LogP contribution is 2.22. The summed E-state index contributed by atoms with van der Waals surface area (Å²) in [6.07, 6.45) is 2.56. The Morgan fingerprint density at radius 2 is 1.90 bits per heavy atom. The topological polar surface area (TPSA) is 90.4 Å². The van der Waals surface area contributed by atoms with Crippen molar-refractivity contribution >= 4 is 11.7 Å². The number of fused-ring (bicyclic) bond motifs is 1. The summed E-state index contributed by atoms with van der Waals surface area (Å²) in [7, 11) is 0. The van der Waals surface area contributed by atoms with Crippen LogP contribution in [0.5, 0.6) is 0 Å². The van der Waals surface area contributed by atoms with Crippen LogP contribution in [0.4, 0.5) is 0 Å². The second kappa shape index (κ2) is 8.59. The van der Waals surface area contributed by atoms with Gasteiger partial charge in [-0.1, -0.05) is 30.3 Å². The monoisotopic (exact) mass is 403 g/mol. The minimum absolute atomic E-state index is 0.139. The second-order valence-electron chi connectivity index (χ2n) is 7.59. The van der Waals surface area contributed by atoms with Crippen LogP contribution < -0.4 is 0 Å². The van der Waals surface area contributed by atoms with Crippen LogP contribution in [-0.2, 0) is 11.2 Å². The number of rotatable bonds is 5. The van der Waals surface area contributed by atoms with Gasteiger partial charge in [0.15, 0.2) is 0 Å². The van der Waals surface area contributed by atoms with Crippen molar-refractivity contribution in [2.45, 2.75) is 32.7 Å². The summed E-state index contributed by atoms with van der Waals surface area (Å²) < 4.78 is 1.72.